The van der Waals surface area contributed by atoms with Crippen LogP contribution in [0.5, 0.6) is 0 Å². The SMILES string of the molecule is CCCOCC1CCN(C(C)(C)C)CC1. The fraction of sp³-hybridized carbons (Fsp3) is 1.00. The van der Waals surface area contributed by atoms with Gasteiger partial charge in [-0.1, -0.05) is 6.92 Å². The molecule has 1 rings (SSSR count). The molecule has 2 nitrogen and oxygen atoms in total. The molecule has 1 heterocycles. The van der Waals surface area contributed by atoms with Gasteiger partial charge in [0.15, 0.2) is 0 Å². The lowest BCUT2D eigenvalue weighted by atomic mass is 9.94. The molecule has 0 saturated carbocycles. The summed E-state index contributed by atoms with van der Waals surface area (Å²) in [5.74, 6) is 0.801. The molecule has 0 N–H and O–H groups in total. The highest BCUT2D eigenvalue weighted by Gasteiger charge is 2.26. The molecule has 0 spiro atoms. The lowest BCUT2D eigenvalue weighted by Gasteiger charge is -2.40. The fourth-order valence-corrected chi connectivity index (χ4v) is 2.16. The molecular weight excluding hydrogens is 186 g/mol. The first-order valence-electron chi connectivity index (χ1n) is 6.37. The molecule has 0 aromatic rings. The first-order chi connectivity index (χ1) is 7.04. The Labute approximate surface area is 95.0 Å². The molecule has 1 fully saturated rings. The van der Waals surface area contributed by atoms with Crippen LogP contribution in [0.1, 0.15) is 47.0 Å². The van der Waals surface area contributed by atoms with Gasteiger partial charge in [0, 0.05) is 18.8 Å². The van der Waals surface area contributed by atoms with E-state index in [2.05, 4.69) is 32.6 Å². The summed E-state index contributed by atoms with van der Waals surface area (Å²) in [5.41, 5.74) is 0.343. The van der Waals surface area contributed by atoms with Gasteiger partial charge in [0.2, 0.25) is 0 Å². The van der Waals surface area contributed by atoms with E-state index in [4.69, 9.17) is 4.74 Å². The maximum absolute atomic E-state index is 5.62. The Morgan fingerprint density at radius 1 is 1.20 bits per heavy atom. The van der Waals surface area contributed by atoms with Gasteiger partial charge in [0.1, 0.15) is 0 Å². The van der Waals surface area contributed by atoms with Gasteiger partial charge in [0.25, 0.3) is 0 Å². The Morgan fingerprint density at radius 2 is 1.80 bits per heavy atom. The summed E-state index contributed by atoms with van der Waals surface area (Å²) in [7, 11) is 0. The molecule has 2 heteroatoms. The van der Waals surface area contributed by atoms with Gasteiger partial charge in [-0.15, -0.1) is 0 Å². The molecule has 0 aliphatic carbocycles. The molecule has 0 amide bonds. The normalized spacial score (nSPS) is 20.8. The van der Waals surface area contributed by atoms with Crippen LogP contribution in [-0.2, 0) is 4.74 Å². The smallest absolute Gasteiger partial charge is 0.0495 e. The second kappa shape index (κ2) is 5.86. The van der Waals surface area contributed by atoms with Crippen LogP contribution in [0.4, 0.5) is 0 Å². The maximum Gasteiger partial charge on any atom is 0.0495 e. The monoisotopic (exact) mass is 213 g/mol. The third-order valence-corrected chi connectivity index (χ3v) is 3.27. The van der Waals surface area contributed by atoms with Crippen molar-refractivity contribution in [3.8, 4) is 0 Å². The van der Waals surface area contributed by atoms with Gasteiger partial charge in [-0.05, 0) is 59.0 Å². The highest BCUT2D eigenvalue weighted by molar-refractivity contribution is 4.81. The van der Waals surface area contributed by atoms with Crippen LogP contribution in [0.3, 0.4) is 0 Å². The molecule has 0 aromatic heterocycles. The van der Waals surface area contributed by atoms with E-state index in [9.17, 15) is 0 Å². The minimum atomic E-state index is 0.343. The van der Waals surface area contributed by atoms with E-state index >= 15 is 0 Å². The van der Waals surface area contributed by atoms with Crippen molar-refractivity contribution < 1.29 is 4.74 Å². The number of hydrogen-bond donors (Lipinski definition) is 0. The van der Waals surface area contributed by atoms with Crippen LogP contribution < -0.4 is 0 Å². The lowest BCUT2D eigenvalue weighted by molar-refractivity contribution is 0.0394. The Morgan fingerprint density at radius 3 is 2.27 bits per heavy atom. The Hall–Kier alpha value is -0.0800. The quantitative estimate of drug-likeness (QED) is 0.666. The minimum absolute atomic E-state index is 0.343. The van der Waals surface area contributed by atoms with Crippen molar-refractivity contribution in [1.82, 2.24) is 4.90 Å². The van der Waals surface area contributed by atoms with E-state index in [1.807, 2.05) is 0 Å². The highest BCUT2D eigenvalue weighted by Crippen LogP contribution is 2.23. The lowest BCUT2D eigenvalue weighted by Crippen LogP contribution is -2.46. The van der Waals surface area contributed by atoms with Crippen LogP contribution in [0, 0.1) is 5.92 Å². The predicted molar refractivity (Wildman–Crippen MR) is 65.2 cm³/mol. The van der Waals surface area contributed by atoms with Gasteiger partial charge >= 0.3 is 0 Å². The zero-order chi connectivity index (χ0) is 11.3. The number of rotatable bonds is 4. The molecule has 0 radical (unpaired) electrons. The van der Waals surface area contributed by atoms with Crippen LogP contribution in [0.15, 0.2) is 0 Å². The van der Waals surface area contributed by atoms with Crippen molar-refractivity contribution in [3.63, 3.8) is 0 Å². The van der Waals surface area contributed by atoms with Gasteiger partial charge in [-0.2, -0.15) is 0 Å². The van der Waals surface area contributed by atoms with Gasteiger partial charge < -0.3 is 4.74 Å². The van der Waals surface area contributed by atoms with E-state index < -0.39 is 0 Å². The third-order valence-electron chi connectivity index (χ3n) is 3.27. The average Bonchev–Trinajstić information content (AvgIpc) is 2.18. The summed E-state index contributed by atoms with van der Waals surface area (Å²) >= 11 is 0. The number of hydrogen-bond acceptors (Lipinski definition) is 2. The molecule has 0 bridgehead atoms. The van der Waals surface area contributed by atoms with Crippen LogP contribution in [-0.4, -0.2) is 36.7 Å². The van der Waals surface area contributed by atoms with Crippen molar-refractivity contribution in [2.75, 3.05) is 26.3 Å². The molecule has 1 aliphatic rings. The average molecular weight is 213 g/mol. The summed E-state index contributed by atoms with van der Waals surface area (Å²) < 4.78 is 5.62. The summed E-state index contributed by atoms with van der Waals surface area (Å²) in [4.78, 5) is 2.59. The van der Waals surface area contributed by atoms with E-state index in [0.29, 0.717) is 5.54 Å². The Kier molecular flexibility index (Phi) is 5.07. The van der Waals surface area contributed by atoms with E-state index in [1.54, 1.807) is 0 Å². The molecule has 0 aromatic carbocycles. The molecular formula is C13H27NO. The van der Waals surface area contributed by atoms with Gasteiger partial charge in [-0.25, -0.2) is 0 Å². The number of piperidine rings is 1. The summed E-state index contributed by atoms with van der Waals surface area (Å²) in [6.07, 6.45) is 3.75. The Balaban J connectivity index is 2.18. The second-order valence-corrected chi connectivity index (χ2v) is 5.68. The zero-order valence-electron chi connectivity index (χ0n) is 10.9. The van der Waals surface area contributed by atoms with Gasteiger partial charge in [0.05, 0.1) is 0 Å². The second-order valence-electron chi connectivity index (χ2n) is 5.68. The van der Waals surface area contributed by atoms with Crippen molar-refractivity contribution >= 4 is 0 Å². The number of nitrogens with zero attached hydrogens (tertiary/aromatic N) is 1. The molecule has 90 valence electrons. The molecule has 15 heavy (non-hydrogen) atoms. The van der Waals surface area contributed by atoms with Crippen LogP contribution in [0.25, 0.3) is 0 Å². The zero-order valence-corrected chi connectivity index (χ0v) is 10.9. The first kappa shape index (κ1) is 13.0. The highest BCUT2D eigenvalue weighted by atomic mass is 16.5. The third kappa shape index (κ3) is 4.52. The van der Waals surface area contributed by atoms with Crippen molar-refractivity contribution in [1.29, 1.82) is 0 Å². The topological polar surface area (TPSA) is 12.5 Å². The molecule has 0 atom stereocenters. The van der Waals surface area contributed by atoms with E-state index in [1.165, 1.54) is 25.9 Å². The van der Waals surface area contributed by atoms with E-state index in [-0.39, 0.29) is 0 Å². The standard InChI is InChI=1S/C13H27NO/c1-5-10-15-11-12-6-8-14(9-7-12)13(2,3)4/h12H,5-11H2,1-4H3. The first-order valence-corrected chi connectivity index (χ1v) is 6.37. The fourth-order valence-electron chi connectivity index (χ4n) is 2.16. The number of likely N-dealkylation sites (tertiary alicyclic amines) is 1. The molecule has 1 aliphatic heterocycles. The summed E-state index contributed by atoms with van der Waals surface area (Å²) in [6.45, 7) is 13.5. The summed E-state index contributed by atoms with van der Waals surface area (Å²) in [6, 6.07) is 0. The van der Waals surface area contributed by atoms with Crippen molar-refractivity contribution in [3.05, 3.63) is 0 Å². The summed E-state index contributed by atoms with van der Waals surface area (Å²) in [5, 5.41) is 0. The maximum atomic E-state index is 5.62. The number of ether oxygens (including phenoxy) is 1. The minimum Gasteiger partial charge on any atom is -0.381 e. The molecule has 0 unspecified atom stereocenters. The van der Waals surface area contributed by atoms with E-state index in [0.717, 1.165) is 25.6 Å². The van der Waals surface area contributed by atoms with Crippen LogP contribution in [0.2, 0.25) is 0 Å². The van der Waals surface area contributed by atoms with Crippen molar-refractivity contribution in [2.24, 2.45) is 5.92 Å². The molecule has 1 saturated heterocycles. The Bertz CT molecular complexity index is 166. The predicted octanol–water partition coefficient (Wildman–Crippen LogP) is 2.92. The van der Waals surface area contributed by atoms with Crippen LogP contribution >= 0.6 is 0 Å². The van der Waals surface area contributed by atoms with Crippen molar-refractivity contribution in [2.45, 2.75) is 52.5 Å². The van der Waals surface area contributed by atoms with Gasteiger partial charge in [-0.3, -0.25) is 4.90 Å². The largest absolute Gasteiger partial charge is 0.381 e.